The van der Waals surface area contributed by atoms with Gasteiger partial charge in [0.25, 0.3) is 5.56 Å². The number of hydrogen-bond donors (Lipinski definition) is 1. The summed E-state index contributed by atoms with van der Waals surface area (Å²) < 4.78 is 1.45. The summed E-state index contributed by atoms with van der Waals surface area (Å²) in [6.45, 7) is 0.857. The van der Waals surface area contributed by atoms with Gasteiger partial charge in [-0.2, -0.15) is 0 Å². The number of fused-ring (bicyclic) bond motifs is 1. The van der Waals surface area contributed by atoms with Gasteiger partial charge in [-0.25, -0.2) is 4.98 Å². The van der Waals surface area contributed by atoms with E-state index < -0.39 is 5.41 Å². The fourth-order valence-electron chi connectivity index (χ4n) is 3.84. The lowest BCUT2D eigenvalue weighted by molar-refractivity contribution is -0.151. The van der Waals surface area contributed by atoms with Crippen molar-refractivity contribution in [3.05, 3.63) is 76.8 Å². The maximum absolute atomic E-state index is 12.6. The number of primary amides is 1. The van der Waals surface area contributed by atoms with Crippen LogP contribution in [-0.2, 0) is 22.6 Å². The number of amides is 2. The highest BCUT2D eigenvalue weighted by atomic mass is 16.2. The summed E-state index contributed by atoms with van der Waals surface area (Å²) >= 11 is 0. The molecule has 7 heteroatoms. The summed E-state index contributed by atoms with van der Waals surface area (Å²) in [4.78, 5) is 43.1. The van der Waals surface area contributed by atoms with Crippen LogP contribution in [0.5, 0.6) is 0 Å². The van der Waals surface area contributed by atoms with Gasteiger partial charge in [0.05, 0.1) is 22.6 Å². The van der Waals surface area contributed by atoms with E-state index in [2.05, 4.69) is 4.98 Å². The molecule has 1 saturated heterocycles. The van der Waals surface area contributed by atoms with Crippen LogP contribution in [0.4, 0.5) is 0 Å². The number of nitrogens with two attached hydrogens (primary N) is 1. The van der Waals surface area contributed by atoms with Crippen molar-refractivity contribution in [2.75, 3.05) is 13.1 Å². The average Bonchev–Trinajstić information content (AvgIpc) is 2.70. The SMILES string of the molecule is NC(=O)C1(Cc2ccccc2)CN(C(=O)CCn2cnc3ccccc3c2=O)C1. The first-order chi connectivity index (χ1) is 14.0. The summed E-state index contributed by atoms with van der Waals surface area (Å²) in [6, 6.07) is 16.8. The van der Waals surface area contributed by atoms with Crippen LogP contribution in [-0.4, -0.2) is 39.4 Å². The molecule has 2 N–H and O–H groups in total. The minimum Gasteiger partial charge on any atom is -0.369 e. The lowest BCUT2D eigenvalue weighted by Crippen LogP contribution is -2.65. The molecule has 148 valence electrons. The number of aryl methyl sites for hydroxylation is 1. The molecule has 29 heavy (non-hydrogen) atoms. The topological polar surface area (TPSA) is 98.3 Å². The number of rotatable bonds is 6. The van der Waals surface area contributed by atoms with Gasteiger partial charge in [0.1, 0.15) is 0 Å². The Bertz CT molecular complexity index is 1120. The first-order valence-corrected chi connectivity index (χ1v) is 9.54. The zero-order valence-corrected chi connectivity index (χ0v) is 16.0. The van der Waals surface area contributed by atoms with Crippen molar-refractivity contribution in [2.45, 2.75) is 19.4 Å². The van der Waals surface area contributed by atoms with Gasteiger partial charge in [0.15, 0.2) is 0 Å². The second-order valence-corrected chi connectivity index (χ2v) is 7.57. The van der Waals surface area contributed by atoms with E-state index in [-0.39, 0.29) is 30.3 Å². The van der Waals surface area contributed by atoms with Crippen molar-refractivity contribution >= 4 is 22.7 Å². The molecule has 0 bridgehead atoms. The van der Waals surface area contributed by atoms with E-state index in [1.165, 1.54) is 10.9 Å². The quantitative estimate of drug-likeness (QED) is 0.687. The Labute approximate surface area is 167 Å². The first kappa shape index (κ1) is 18.9. The van der Waals surface area contributed by atoms with Crippen molar-refractivity contribution in [2.24, 2.45) is 11.1 Å². The van der Waals surface area contributed by atoms with Gasteiger partial charge >= 0.3 is 0 Å². The normalized spacial score (nSPS) is 15.1. The first-order valence-electron chi connectivity index (χ1n) is 9.54. The molecule has 0 atom stereocenters. The van der Waals surface area contributed by atoms with Gasteiger partial charge in [-0.1, -0.05) is 42.5 Å². The van der Waals surface area contributed by atoms with Gasteiger partial charge in [-0.3, -0.25) is 19.0 Å². The van der Waals surface area contributed by atoms with E-state index in [0.717, 1.165) is 5.56 Å². The second-order valence-electron chi connectivity index (χ2n) is 7.57. The standard InChI is InChI=1S/C22H22N4O3/c23-21(29)22(12-16-6-2-1-3-7-16)13-26(14-22)19(27)10-11-25-15-24-18-9-5-4-8-17(18)20(25)28/h1-9,15H,10-14H2,(H2,23,29). The largest absolute Gasteiger partial charge is 0.369 e. The predicted octanol–water partition coefficient (Wildman–Crippen LogP) is 1.34. The van der Waals surface area contributed by atoms with Crippen LogP contribution in [0, 0.1) is 5.41 Å². The fourth-order valence-corrected chi connectivity index (χ4v) is 3.84. The molecule has 2 aromatic carbocycles. The van der Waals surface area contributed by atoms with Gasteiger partial charge < -0.3 is 10.6 Å². The lowest BCUT2D eigenvalue weighted by Gasteiger charge is -2.48. The molecule has 7 nitrogen and oxygen atoms in total. The molecule has 1 fully saturated rings. The van der Waals surface area contributed by atoms with Crippen molar-refractivity contribution in [1.29, 1.82) is 0 Å². The Kier molecular flexibility index (Phi) is 4.88. The number of carbonyl (C=O) groups is 2. The van der Waals surface area contributed by atoms with Crippen molar-refractivity contribution in [3.63, 3.8) is 0 Å². The minimum atomic E-state index is -0.724. The molecule has 2 amide bonds. The van der Waals surface area contributed by atoms with Crippen LogP contribution < -0.4 is 11.3 Å². The Hall–Kier alpha value is -3.48. The molecule has 1 aliphatic heterocycles. The Morgan fingerprint density at radius 3 is 2.45 bits per heavy atom. The van der Waals surface area contributed by atoms with Crippen LogP contribution in [0.15, 0.2) is 65.7 Å². The third-order valence-corrected chi connectivity index (χ3v) is 5.55. The number of carbonyl (C=O) groups excluding carboxylic acids is 2. The van der Waals surface area contributed by atoms with Crippen LogP contribution in [0.25, 0.3) is 10.9 Å². The molecule has 0 radical (unpaired) electrons. The summed E-state index contributed by atoms with van der Waals surface area (Å²) in [6.07, 6.45) is 2.15. The van der Waals surface area contributed by atoms with E-state index in [1.807, 2.05) is 36.4 Å². The van der Waals surface area contributed by atoms with Gasteiger partial charge in [0.2, 0.25) is 11.8 Å². The van der Waals surface area contributed by atoms with Crippen LogP contribution >= 0.6 is 0 Å². The van der Waals surface area contributed by atoms with Crippen LogP contribution in [0.3, 0.4) is 0 Å². The number of likely N-dealkylation sites (tertiary alicyclic amines) is 1. The number of para-hydroxylation sites is 1. The lowest BCUT2D eigenvalue weighted by atomic mass is 9.74. The molecule has 2 heterocycles. The monoisotopic (exact) mass is 390 g/mol. The molecular weight excluding hydrogens is 368 g/mol. The van der Waals surface area contributed by atoms with E-state index in [0.29, 0.717) is 30.4 Å². The third kappa shape index (κ3) is 3.63. The van der Waals surface area contributed by atoms with E-state index >= 15 is 0 Å². The summed E-state index contributed by atoms with van der Waals surface area (Å²) in [7, 11) is 0. The highest BCUT2D eigenvalue weighted by Crippen LogP contribution is 2.34. The van der Waals surface area contributed by atoms with Crippen molar-refractivity contribution in [3.8, 4) is 0 Å². The summed E-state index contributed by atoms with van der Waals surface area (Å²) in [5.41, 5.74) is 6.42. The molecule has 0 saturated carbocycles. The average molecular weight is 390 g/mol. The van der Waals surface area contributed by atoms with Crippen LogP contribution in [0.2, 0.25) is 0 Å². The molecule has 0 aliphatic carbocycles. The van der Waals surface area contributed by atoms with E-state index in [4.69, 9.17) is 5.73 Å². The Balaban J connectivity index is 1.40. The molecule has 1 aromatic heterocycles. The minimum absolute atomic E-state index is 0.102. The molecule has 0 unspecified atom stereocenters. The second kappa shape index (κ2) is 7.50. The zero-order valence-electron chi connectivity index (χ0n) is 16.0. The van der Waals surface area contributed by atoms with E-state index in [9.17, 15) is 14.4 Å². The number of aromatic nitrogens is 2. The molecule has 0 spiro atoms. The van der Waals surface area contributed by atoms with E-state index in [1.54, 1.807) is 23.1 Å². The Morgan fingerprint density at radius 2 is 1.72 bits per heavy atom. The van der Waals surface area contributed by atoms with Gasteiger partial charge in [-0.05, 0) is 24.1 Å². The summed E-state index contributed by atoms with van der Waals surface area (Å²) in [5.74, 6) is -0.490. The maximum Gasteiger partial charge on any atom is 0.261 e. The van der Waals surface area contributed by atoms with Gasteiger partial charge in [-0.15, -0.1) is 0 Å². The molecule has 3 aromatic rings. The molecule has 1 aliphatic rings. The zero-order chi connectivity index (χ0) is 20.4. The van der Waals surface area contributed by atoms with Crippen LogP contribution in [0.1, 0.15) is 12.0 Å². The maximum atomic E-state index is 12.6. The summed E-state index contributed by atoms with van der Waals surface area (Å²) in [5, 5.41) is 0.530. The molecule has 4 rings (SSSR count). The van der Waals surface area contributed by atoms with Crippen molar-refractivity contribution in [1.82, 2.24) is 14.5 Å². The predicted molar refractivity (Wildman–Crippen MR) is 109 cm³/mol. The smallest absolute Gasteiger partial charge is 0.261 e. The Morgan fingerprint density at radius 1 is 1.03 bits per heavy atom. The van der Waals surface area contributed by atoms with Crippen molar-refractivity contribution < 1.29 is 9.59 Å². The third-order valence-electron chi connectivity index (χ3n) is 5.55. The highest BCUT2D eigenvalue weighted by Gasteiger charge is 2.49. The highest BCUT2D eigenvalue weighted by molar-refractivity contribution is 5.87. The number of nitrogens with zero attached hydrogens (tertiary/aromatic N) is 3. The number of hydrogen-bond acceptors (Lipinski definition) is 4. The van der Waals surface area contributed by atoms with Gasteiger partial charge in [0, 0.05) is 26.1 Å². The molecular formula is C22H22N4O3. The fraction of sp³-hybridized carbons (Fsp3) is 0.273. The number of benzene rings is 2.